The van der Waals surface area contributed by atoms with Gasteiger partial charge in [0.2, 0.25) is 0 Å². The van der Waals surface area contributed by atoms with Crippen molar-refractivity contribution in [2.45, 2.75) is 64.0 Å². The lowest BCUT2D eigenvalue weighted by atomic mass is 9.80. The number of methoxy groups -OCH3 is 1. The molecule has 2 aromatic rings. The highest BCUT2D eigenvalue weighted by atomic mass is 19.4. The number of halogens is 4. The van der Waals surface area contributed by atoms with E-state index >= 15 is 4.39 Å². The molecule has 3 heterocycles. The van der Waals surface area contributed by atoms with E-state index in [9.17, 15) is 18.0 Å². The molecule has 2 aliphatic rings. The van der Waals surface area contributed by atoms with Crippen LogP contribution in [-0.4, -0.2) is 52.0 Å². The number of rotatable bonds is 2. The third-order valence-electron chi connectivity index (χ3n) is 7.06. The number of amides is 1. The van der Waals surface area contributed by atoms with Crippen molar-refractivity contribution in [2.75, 3.05) is 20.2 Å². The van der Waals surface area contributed by atoms with Crippen LogP contribution in [0.25, 0.3) is 5.65 Å². The number of piperidine rings is 1. The number of aryl methyl sites for hydroxylation is 1. The number of carbonyl (C=O) groups is 1. The minimum absolute atomic E-state index is 0.0193. The topological polar surface area (TPSA) is 59.7 Å². The van der Waals surface area contributed by atoms with Gasteiger partial charge in [0.15, 0.2) is 11.5 Å². The van der Waals surface area contributed by atoms with Gasteiger partial charge in [0.25, 0.3) is 0 Å². The zero-order valence-corrected chi connectivity index (χ0v) is 18.5. The molecule has 10 heteroatoms. The van der Waals surface area contributed by atoms with E-state index in [2.05, 4.69) is 17.0 Å². The van der Waals surface area contributed by atoms with E-state index in [0.29, 0.717) is 18.8 Å². The van der Waals surface area contributed by atoms with E-state index in [0.717, 1.165) is 12.1 Å². The van der Waals surface area contributed by atoms with Crippen molar-refractivity contribution >= 4 is 11.7 Å². The predicted octanol–water partition coefficient (Wildman–Crippen LogP) is 5.20. The van der Waals surface area contributed by atoms with E-state index in [1.54, 1.807) is 11.8 Å². The summed E-state index contributed by atoms with van der Waals surface area (Å²) < 4.78 is 60.8. The SMILES string of the molecule is COC(=O)N1CC[C@@H](C)[C@H](c2cc(C)nc3c(F)c([C@H]4CC[C@H](C(F)(F)F)CC4)nn23)C1. The highest BCUT2D eigenvalue weighted by Crippen LogP contribution is 2.43. The molecule has 0 unspecified atom stereocenters. The fraction of sp³-hybridized carbons (Fsp3) is 0.682. The number of hydrogen-bond acceptors (Lipinski definition) is 4. The van der Waals surface area contributed by atoms with Crippen molar-refractivity contribution < 1.29 is 27.1 Å². The first-order valence-electron chi connectivity index (χ1n) is 11.1. The van der Waals surface area contributed by atoms with Gasteiger partial charge in [0.1, 0.15) is 5.69 Å². The molecule has 176 valence electrons. The highest BCUT2D eigenvalue weighted by Gasteiger charge is 2.42. The number of fused-ring (bicyclic) bond motifs is 1. The monoisotopic (exact) mass is 456 g/mol. The normalized spacial score (nSPS) is 27.0. The van der Waals surface area contributed by atoms with Gasteiger partial charge in [-0.25, -0.2) is 18.7 Å². The molecular formula is C22H28F4N4O2. The quantitative estimate of drug-likeness (QED) is 0.583. The third kappa shape index (κ3) is 4.15. The number of likely N-dealkylation sites (tertiary alicyclic amines) is 1. The minimum Gasteiger partial charge on any atom is -0.453 e. The van der Waals surface area contributed by atoms with Crippen LogP contribution in [0.1, 0.15) is 67.9 Å². The lowest BCUT2D eigenvalue weighted by Gasteiger charge is -2.36. The van der Waals surface area contributed by atoms with Crippen molar-refractivity contribution in [1.29, 1.82) is 0 Å². The molecule has 0 aromatic carbocycles. The van der Waals surface area contributed by atoms with Gasteiger partial charge in [-0.1, -0.05) is 6.92 Å². The number of aromatic nitrogens is 3. The van der Waals surface area contributed by atoms with E-state index in [-0.39, 0.29) is 54.8 Å². The Kier molecular flexibility index (Phi) is 6.06. The molecule has 1 aliphatic carbocycles. The van der Waals surface area contributed by atoms with Gasteiger partial charge in [0.05, 0.1) is 18.7 Å². The van der Waals surface area contributed by atoms with Crippen LogP contribution in [0.3, 0.4) is 0 Å². The summed E-state index contributed by atoms with van der Waals surface area (Å²) in [4.78, 5) is 18.0. The van der Waals surface area contributed by atoms with Crippen LogP contribution < -0.4 is 0 Å². The maximum atomic E-state index is 15.4. The zero-order chi connectivity index (χ0) is 23.2. The number of carbonyl (C=O) groups excluding carboxylic acids is 1. The van der Waals surface area contributed by atoms with E-state index < -0.39 is 24.0 Å². The summed E-state index contributed by atoms with van der Waals surface area (Å²) in [5.74, 6) is -2.13. The molecule has 1 saturated carbocycles. The Bertz CT molecular complexity index is 998. The Balaban J connectivity index is 1.68. The Morgan fingerprint density at radius 2 is 1.88 bits per heavy atom. The van der Waals surface area contributed by atoms with Gasteiger partial charge in [0, 0.05) is 30.6 Å². The first kappa shape index (κ1) is 22.8. The molecule has 0 radical (unpaired) electrons. The molecular weight excluding hydrogens is 428 g/mol. The average Bonchev–Trinajstić information content (AvgIpc) is 3.09. The largest absolute Gasteiger partial charge is 0.453 e. The fourth-order valence-electron chi connectivity index (χ4n) is 5.13. The van der Waals surface area contributed by atoms with Gasteiger partial charge in [-0.15, -0.1) is 0 Å². The number of nitrogens with zero attached hydrogens (tertiary/aromatic N) is 4. The Morgan fingerprint density at radius 1 is 1.19 bits per heavy atom. The van der Waals surface area contributed by atoms with Gasteiger partial charge >= 0.3 is 12.3 Å². The standard InChI is InChI=1S/C22H28F4N4O2/c1-12-8-9-29(21(31)32-3)11-16(12)17-10-13(2)27-20-18(23)19(28-30(17)20)14-4-6-15(7-5-14)22(24,25)26/h10,12,14-16H,4-9,11H2,1-3H3/t12-,14-,15-,16-/m1/s1. The minimum atomic E-state index is -4.21. The number of hydrogen-bond donors (Lipinski definition) is 0. The van der Waals surface area contributed by atoms with Crippen LogP contribution in [0.4, 0.5) is 22.4 Å². The Hall–Kier alpha value is -2.39. The van der Waals surface area contributed by atoms with E-state index in [1.165, 1.54) is 11.6 Å². The fourth-order valence-corrected chi connectivity index (χ4v) is 5.13. The highest BCUT2D eigenvalue weighted by molar-refractivity contribution is 5.67. The molecule has 2 aromatic heterocycles. The van der Waals surface area contributed by atoms with Crippen LogP contribution in [0, 0.1) is 24.6 Å². The number of ether oxygens (including phenoxy) is 1. The maximum absolute atomic E-state index is 15.4. The van der Waals surface area contributed by atoms with Crippen molar-refractivity contribution in [2.24, 2.45) is 11.8 Å². The molecule has 0 bridgehead atoms. The van der Waals surface area contributed by atoms with Crippen LogP contribution in [0.2, 0.25) is 0 Å². The van der Waals surface area contributed by atoms with Crippen LogP contribution >= 0.6 is 0 Å². The summed E-state index contributed by atoms with van der Waals surface area (Å²) in [5.41, 5.74) is 1.66. The first-order chi connectivity index (χ1) is 15.1. The van der Waals surface area contributed by atoms with Crippen LogP contribution in [0.15, 0.2) is 6.07 Å². The smallest absolute Gasteiger partial charge is 0.409 e. The molecule has 2 atom stereocenters. The van der Waals surface area contributed by atoms with Gasteiger partial charge < -0.3 is 9.64 Å². The lowest BCUT2D eigenvalue weighted by molar-refractivity contribution is -0.182. The molecule has 4 rings (SSSR count). The second-order valence-electron chi connectivity index (χ2n) is 9.14. The maximum Gasteiger partial charge on any atom is 0.409 e. The molecule has 1 saturated heterocycles. The summed E-state index contributed by atoms with van der Waals surface area (Å²) in [6.07, 6.45) is -3.40. The summed E-state index contributed by atoms with van der Waals surface area (Å²) in [5, 5.41) is 4.53. The predicted molar refractivity (Wildman–Crippen MR) is 109 cm³/mol. The van der Waals surface area contributed by atoms with Gasteiger partial charge in [-0.2, -0.15) is 18.3 Å². The Morgan fingerprint density at radius 3 is 2.50 bits per heavy atom. The third-order valence-corrected chi connectivity index (χ3v) is 7.06. The summed E-state index contributed by atoms with van der Waals surface area (Å²) in [7, 11) is 1.34. The molecule has 6 nitrogen and oxygen atoms in total. The summed E-state index contributed by atoms with van der Waals surface area (Å²) in [6, 6.07) is 1.85. The molecule has 1 amide bonds. The molecule has 32 heavy (non-hydrogen) atoms. The number of alkyl halides is 3. The summed E-state index contributed by atoms with van der Waals surface area (Å²) in [6.45, 7) is 4.86. The molecule has 0 N–H and O–H groups in total. The second kappa shape index (κ2) is 8.51. The van der Waals surface area contributed by atoms with Gasteiger partial charge in [-0.05, 0) is 51.0 Å². The first-order valence-corrected chi connectivity index (χ1v) is 11.1. The van der Waals surface area contributed by atoms with Crippen LogP contribution in [0.5, 0.6) is 0 Å². The van der Waals surface area contributed by atoms with Gasteiger partial charge in [-0.3, -0.25) is 0 Å². The second-order valence-corrected chi connectivity index (χ2v) is 9.14. The Labute approximate surface area is 183 Å². The lowest BCUT2D eigenvalue weighted by Crippen LogP contribution is -2.42. The molecule has 0 spiro atoms. The van der Waals surface area contributed by atoms with E-state index in [4.69, 9.17) is 4.74 Å². The van der Waals surface area contributed by atoms with Crippen molar-refractivity contribution in [3.05, 3.63) is 29.0 Å². The zero-order valence-electron chi connectivity index (χ0n) is 18.5. The van der Waals surface area contributed by atoms with Crippen molar-refractivity contribution in [3.63, 3.8) is 0 Å². The van der Waals surface area contributed by atoms with Crippen molar-refractivity contribution in [1.82, 2.24) is 19.5 Å². The van der Waals surface area contributed by atoms with Crippen molar-refractivity contribution in [3.8, 4) is 0 Å². The van der Waals surface area contributed by atoms with Crippen LogP contribution in [-0.2, 0) is 4.74 Å². The molecule has 2 fully saturated rings. The summed E-state index contributed by atoms with van der Waals surface area (Å²) >= 11 is 0. The van der Waals surface area contributed by atoms with E-state index in [1.807, 2.05) is 6.07 Å². The average molecular weight is 456 g/mol. The molecule has 1 aliphatic heterocycles.